The van der Waals surface area contributed by atoms with Crippen molar-refractivity contribution in [3.63, 3.8) is 0 Å². The van der Waals surface area contributed by atoms with Crippen LogP contribution < -0.4 is 0 Å². The number of carbonyl (C=O) groups excluding carboxylic acids is 1. The number of rotatable bonds is 6. The van der Waals surface area contributed by atoms with Crippen molar-refractivity contribution < 1.29 is 15.0 Å². The molecule has 0 heterocycles. The van der Waals surface area contributed by atoms with E-state index in [1.165, 1.54) is 6.08 Å². The van der Waals surface area contributed by atoms with Crippen molar-refractivity contribution in [1.29, 1.82) is 0 Å². The molecule has 0 aliphatic carbocycles. The van der Waals surface area contributed by atoms with E-state index >= 15 is 0 Å². The zero-order chi connectivity index (χ0) is 10.5. The van der Waals surface area contributed by atoms with Crippen LogP contribution in [0.1, 0.15) is 33.1 Å². The number of carbonyl (C=O) groups is 1. The van der Waals surface area contributed by atoms with E-state index in [1.807, 2.05) is 0 Å². The molecule has 13 heavy (non-hydrogen) atoms. The molecule has 0 saturated heterocycles. The van der Waals surface area contributed by atoms with Crippen LogP contribution in [0.3, 0.4) is 0 Å². The molecule has 0 amide bonds. The van der Waals surface area contributed by atoms with Gasteiger partial charge < -0.3 is 10.2 Å². The van der Waals surface area contributed by atoms with Crippen LogP contribution in [0.5, 0.6) is 0 Å². The molecule has 0 fully saturated rings. The Morgan fingerprint density at radius 2 is 2.15 bits per heavy atom. The van der Waals surface area contributed by atoms with Crippen molar-refractivity contribution in [2.24, 2.45) is 0 Å². The van der Waals surface area contributed by atoms with Gasteiger partial charge >= 0.3 is 0 Å². The minimum atomic E-state index is -1.43. The zero-order valence-corrected chi connectivity index (χ0v) is 8.29. The quantitative estimate of drug-likeness (QED) is 0.609. The Bertz CT molecular complexity index is 189. The first-order chi connectivity index (χ1) is 6.01. The molecule has 0 aliphatic heterocycles. The van der Waals surface area contributed by atoms with Gasteiger partial charge in [0.15, 0.2) is 5.78 Å². The maximum atomic E-state index is 11.5. The van der Waals surface area contributed by atoms with Gasteiger partial charge in [-0.2, -0.15) is 0 Å². The number of Topliss-reactive ketones (excluding diaryl/α,β-unsaturated/α-hetero) is 1. The fourth-order valence-corrected chi connectivity index (χ4v) is 1.15. The topological polar surface area (TPSA) is 57.5 Å². The van der Waals surface area contributed by atoms with Gasteiger partial charge in [0.2, 0.25) is 0 Å². The van der Waals surface area contributed by atoms with Crippen molar-refractivity contribution in [3.05, 3.63) is 12.7 Å². The highest BCUT2D eigenvalue weighted by Crippen LogP contribution is 2.19. The molecule has 0 saturated carbocycles. The summed E-state index contributed by atoms with van der Waals surface area (Å²) in [4.78, 5) is 11.5. The summed E-state index contributed by atoms with van der Waals surface area (Å²) in [6.45, 7) is 6.88. The Balaban J connectivity index is 4.54. The van der Waals surface area contributed by atoms with Crippen LogP contribution >= 0.6 is 0 Å². The third-order valence-electron chi connectivity index (χ3n) is 2.21. The molecule has 0 unspecified atom stereocenters. The summed E-state index contributed by atoms with van der Waals surface area (Å²) in [6, 6.07) is 0. The second-order valence-electron chi connectivity index (χ2n) is 3.17. The van der Waals surface area contributed by atoms with Gasteiger partial charge in [-0.15, -0.1) is 6.58 Å². The molecule has 3 heteroatoms. The van der Waals surface area contributed by atoms with Gasteiger partial charge in [0.1, 0.15) is 11.7 Å². The van der Waals surface area contributed by atoms with Gasteiger partial charge in [0.25, 0.3) is 0 Å². The number of aliphatic hydroxyl groups excluding tert-OH is 1. The van der Waals surface area contributed by atoms with Crippen LogP contribution in [-0.2, 0) is 4.79 Å². The molecule has 0 aliphatic rings. The molecule has 0 bridgehead atoms. The maximum absolute atomic E-state index is 11.5. The van der Waals surface area contributed by atoms with E-state index in [0.717, 1.165) is 0 Å². The van der Waals surface area contributed by atoms with E-state index in [4.69, 9.17) is 0 Å². The van der Waals surface area contributed by atoms with Gasteiger partial charge in [-0.1, -0.05) is 19.9 Å². The number of ketones is 1. The Morgan fingerprint density at radius 3 is 2.46 bits per heavy atom. The van der Waals surface area contributed by atoms with Crippen molar-refractivity contribution in [2.75, 3.05) is 0 Å². The number of aliphatic hydroxyl groups is 2. The average molecular weight is 186 g/mol. The largest absolute Gasteiger partial charge is 0.385 e. The van der Waals surface area contributed by atoms with E-state index in [2.05, 4.69) is 6.58 Å². The summed E-state index contributed by atoms with van der Waals surface area (Å²) in [5.41, 5.74) is -1.43. The molecule has 2 N–H and O–H groups in total. The van der Waals surface area contributed by atoms with Gasteiger partial charge in [-0.25, -0.2) is 0 Å². The highest BCUT2D eigenvalue weighted by atomic mass is 16.3. The SMILES string of the molecule is C=CC[C@@](O)(CC)C(=O)[C@@H](O)CC. The van der Waals surface area contributed by atoms with Crippen molar-refractivity contribution >= 4 is 5.78 Å². The Kier molecular flexibility index (Phi) is 4.88. The summed E-state index contributed by atoms with van der Waals surface area (Å²) in [6.07, 6.45) is 1.25. The zero-order valence-electron chi connectivity index (χ0n) is 8.29. The van der Waals surface area contributed by atoms with Crippen molar-refractivity contribution in [2.45, 2.75) is 44.8 Å². The predicted molar refractivity (Wildman–Crippen MR) is 51.4 cm³/mol. The summed E-state index contributed by atoms with van der Waals surface area (Å²) in [5, 5.41) is 19.1. The standard InChI is InChI=1S/C10H18O3/c1-4-7-10(13,6-3)9(12)8(11)5-2/h4,8,11,13H,1,5-7H2,2-3H3/t8-,10-/m0/s1. The second-order valence-corrected chi connectivity index (χ2v) is 3.17. The van der Waals surface area contributed by atoms with Crippen LogP contribution in [0.15, 0.2) is 12.7 Å². The minimum Gasteiger partial charge on any atom is -0.385 e. The third-order valence-corrected chi connectivity index (χ3v) is 2.21. The van der Waals surface area contributed by atoms with E-state index < -0.39 is 17.5 Å². The smallest absolute Gasteiger partial charge is 0.192 e. The summed E-state index contributed by atoms with van der Waals surface area (Å²) < 4.78 is 0. The van der Waals surface area contributed by atoms with Gasteiger partial charge in [-0.3, -0.25) is 4.79 Å². The Morgan fingerprint density at radius 1 is 1.62 bits per heavy atom. The molecular formula is C10H18O3. The molecule has 3 nitrogen and oxygen atoms in total. The first kappa shape index (κ1) is 12.3. The van der Waals surface area contributed by atoms with Gasteiger partial charge in [-0.05, 0) is 12.8 Å². The third kappa shape index (κ3) is 2.94. The van der Waals surface area contributed by atoms with Gasteiger partial charge in [0, 0.05) is 6.42 Å². The fourth-order valence-electron chi connectivity index (χ4n) is 1.15. The average Bonchev–Trinajstić information content (AvgIpc) is 2.15. The molecule has 0 aromatic heterocycles. The lowest BCUT2D eigenvalue weighted by Crippen LogP contribution is -2.44. The van der Waals surface area contributed by atoms with Crippen LogP contribution in [0, 0.1) is 0 Å². The highest BCUT2D eigenvalue weighted by molar-refractivity contribution is 5.90. The summed E-state index contributed by atoms with van der Waals surface area (Å²) >= 11 is 0. The lowest BCUT2D eigenvalue weighted by atomic mass is 9.88. The van der Waals surface area contributed by atoms with E-state index in [0.29, 0.717) is 12.8 Å². The first-order valence-electron chi connectivity index (χ1n) is 4.57. The minimum absolute atomic E-state index is 0.194. The molecule has 0 aromatic carbocycles. The second kappa shape index (κ2) is 5.14. The summed E-state index contributed by atoms with van der Waals surface area (Å²) in [5.74, 6) is -0.502. The van der Waals surface area contributed by atoms with E-state index in [-0.39, 0.29) is 6.42 Å². The molecule has 76 valence electrons. The lowest BCUT2D eigenvalue weighted by Gasteiger charge is -2.25. The Labute approximate surface area is 79.1 Å². The maximum Gasteiger partial charge on any atom is 0.192 e. The number of hydrogen-bond acceptors (Lipinski definition) is 3. The predicted octanol–water partition coefficient (Wildman–Crippen LogP) is 1.04. The molecule has 0 spiro atoms. The number of hydrogen-bond donors (Lipinski definition) is 2. The molecule has 0 radical (unpaired) electrons. The van der Waals surface area contributed by atoms with Crippen LogP contribution in [-0.4, -0.2) is 27.7 Å². The van der Waals surface area contributed by atoms with E-state index in [1.54, 1.807) is 13.8 Å². The molecular weight excluding hydrogens is 168 g/mol. The van der Waals surface area contributed by atoms with Crippen LogP contribution in [0.2, 0.25) is 0 Å². The Hall–Kier alpha value is -0.670. The fraction of sp³-hybridized carbons (Fsp3) is 0.700. The van der Waals surface area contributed by atoms with E-state index in [9.17, 15) is 15.0 Å². The van der Waals surface area contributed by atoms with Crippen molar-refractivity contribution in [3.8, 4) is 0 Å². The molecule has 2 atom stereocenters. The molecule has 0 rings (SSSR count). The lowest BCUT2D eigenvalue weighted by molar-refractivity contribution is -0.146. The van der Waals surface area contributed by atoms with Crippen LogP contribution in [0.4, 0.5) is 0 Å². The van der Waals surface area contributed by atoms with Gasteiger partial charge in [0.05, 0.1) is 0 Å². The van der Waals surface area contributed by atoms with Crippen LogP contribution in [0.25, 0.3) is 0 Å². The molecule has 0 aromatic rings. The summed E-state index contributed by atoms with van der Waals surface area (Å²) in [7, 11) is 0. The van der Waals surface area contributed by atoms with Crippen molar-refractivity contribution in [1.82, 2.24) is 0 Å². The first-order valence-corrected chi connectivity index (χ1v) is 4.57. The highest BCUT2D eigenvalue weighted by Gasteiger charge is 2.35. The monoisotopic (exact) mass is 186 g/mol. The normalized spacial score (nSPS) is 17.5.